The average molecular weight is 308 g/mol. The van der Waals surface area contributed by atoms with E-state index < -0.39 is 0 Å². The Balaban J connectivity index is 2.32. The van der Waals surface area contributed by atoms with E-state index in [2.05, 4.69) is 32.3 Å². The number of hydrogen-bond donors (Lipinski definition) is 1. The second-order valence-electron chi connectivity index (χ2n) is 7.04. The van der Waals surface area contributed by atoms with E-state index in [0.717, 1.165) is 47.7 Å². The third-order valence-electron chi connectivity index (χ3n) is 3.56. The lowest BCUT2D eigenvalue weighted by Gasteiger charge is -2.23. The van der Waals surface area contributed by atoms with Crippen LogP contribution in [0.4, 0.5) is 0 Å². The maximum absolute atomic E-state index is 6.33. The van der Waals surface area contributed by atoms with Crippen LogP contribution in [0.1, 0.15) is 46.4 Å². The molecule has 0 amide bonds. The molecule has 0 aliphatic carbocycles. The summed E-state index contributed by atoms with van der Waals surface area (Å²) in [5.41, 5.74) is 8.69. The van der Waals surface area contributed by atoms with E-state index in [4.69, 9.17) is 22.3 Å². The van der Waals surface area contributed by atoms with Crippen LogP contribution >= 0.6 is 11.6 Å². The van der Waals surface area contributed by atoms with Gasteiger partial charge in [-0.3, -0.25) is 0 Å². The van der Waals surface area contributed by atoms with Crippen LogP contribution in [0.15, 0.2) is 18.2 Å². The molecule has 1 unspecified atom stereocenters. The highest BCUT2D eigenvalue weighted by molar-refractivity contribution is 6.31. The number of fused-ring (bicyclic) bond motifs is 1. The van der Waals surface area contributed by atoms with Crippen molar-refractivity contribution in [1.82, 2.24) is 9.55 Å². The Morgan fingerprint density at radius 2 is 2.05 bits per heavy atom. The van der Waals surface area contributed by atoms with Crippen molar-refractivity contribution in [1.29, 1.82) is 0 Å². The Morgan fingerprint density at radius 1 is 1.33 bits per heavy atom. The van der Waals surface area contributed by atoms with Crippen molar-refractivity contribution in [2.75, 3.05) is 0 Å². The first kappa shape index (κ1) is 16.3. The molecular weight excluding hydrogens is 282 g/mol. The van der Waals surface area contributed by atoms with Gasteiger partial charge in [-0.2, -0.15) is 0 Å². The van der Waals surface area contributed by atoms with Gasteiger partial charge in [-0.15, -0.1) is 0 Å². The third kappa shape index (κ3) is 4.21. The molecule has 1 heterocycles. The van der Waals surface area contributed by atoms with Gasteiger partial charge in [-0.1, -0.05) is 39.3 Å². The quantitative estimate of drug-likeness (QED) is 0.889. The Labute approximate surface area is 132 Å². The Hall–Kier alpha value is -1.06. The van der Waals surface area contributed by atoms with Gasteiger partial charge < -0.3 is 10.3 Å². The fourth-order valence-electron chi connectivity index (χ4n) is 2.87. The number of nitrogens with two attached hydrogens (primary N) is 1. The summed E-state index contributed by atoms with van der Waals surface area (Å²) >= 11 is 6.13. The first-order chi connectivity index (χ1) is 9.80. The smallest absolute Gasteiger partial charge is 0.111 e. The van der Waals surface area contributed by atoms with E-state index in [-0.39, 0.29) is 11.5 Å². The minimum Gasteiger partial charge on any atom is -0.328 e. The van der Waals surface area contributed by atoms with Crippen LogP contribution in [0.25, 0.3) is 11.0 Å². The molecule has 0 bridgehead atoms. The topological polar surface area (TPSA) is 43.8 Å². The molecule has 1 aromatic carbocycles. The summed E-state index contributed by atoms with van der Waals surface area (Å²) < 4.78 is 2.27. The molecule has 0 aliphatic rings. The monoisotopic (exact) mass is 307 g/mol. The molecule has 1 atom stereocenters. The molecule has 21 heavy (non-hydrogen) atoms. The summed E-state index contributed by atoms with van der Waals surface area (Å²) in [5.74, 6) is 1.07. The number of aryl methyl sites for hydroxylation is 1. The number of benzene rings is 1. The molecule has 3 nitrogen and oxygen atoms in total. The number of nitrogens with zero attached hydrogens (tertiary/aromatic N) is 2. The lowest BCUT2D eigenvalue weighted by molar-refractivity contribution is 0.335. The standard InChI is InChI=1S/C17H26ClN3/c1-5-8-21-15-9-12(18)6-7-14(15)20-16(21)10-13(19)11-17(2,3)4/h6-7,9,13H,5,8,10-11,19H2,1-4H3. The van der Waals surface area contributed by atoms with Gasteiger partial charge in [0.2, 0.25) is 0 Å². The molecule has 0 saturated heterocycles. The van der Waals surface area contributed by atoms with Crippen LogP contribution in [0.5, 0.6) is 0 Å². The van der Waals surface area contributed by atoms with Crippen molar-refractivity contribution in [2.24, 2.45) is 11.1 Å². The highest BCUT2D eigenvalue weighted by Crippen LogP contribution is 2.24. The molecule has 116 valence electrons. The van der Waals surface area contributed by atoms with Crippen LogP contribution in [0, 0.1) is 5.41 Å². The molecular formula is C17H26ClN3. The summed E-state index contributed by atoms with van der Waals surface area (Å²) in [6.07, 6.45) is 2.87. The molecule has 0 radical (unpaired) electrons. The predicted molar refractivity (Wildman–Crippen MR) is 90.8 cm³/mol. The second-order valence-corrected chi connectivity index (χ2v) is 7.48. The number of imidazole rings is 1. The minimum atomic E-state index is 0.132. The summed E-state index contributed by atoms with van der Waals surface area (Å²) in [5, 5.41) is 0.755. The van der Waals surface area contributed by atoms with Gasteiger partial charge in [0.05, 0.1) is 11.0 Å². The molecule has 0 aliphatic heterocycles. The molecule has 2 N–H and O–H groups in total. The maximum Gasteiger partial charge on any atom is 0.111 e. The highest BCUT2D eigenvalue weighted by atomic mass is 35.5. The van der Waals surface area contributed by atoms with E-state index >= 15 is 0 Å². The molecule has 0 saturated carbocycles. The normalized spacial score (nSPS) is 13.8. The van der Waals surface area contributed by atoms with E-state index in [9.17, 15) is 0 Å². The zero-order valence-corrected chi connectivity index (χ0v) is 14.2. The number of aromatic nitrogens is 2. The third-order valence-corrected chi connectivity index (χ3v) is 3.79. The number of halogens is 1. The Morgan fingerprint density at radius 3 is 2.67 bits per heavy atom. The molecule has 1 aromatic heterocycles. The summed E-state index contributed by atoms with van der Waals surface area (Å²) in [4.78, 5) is 4.77. The largest absolute Gasteiger partial charge is 0.328 e. The summed E-state index contributed by atoms with van der Waals surface area (Å²) in [6.45, 7) is 9.80. The Kier molecular flexibility index (Phi) is 4.95. The van der Waals surface area contributed by atoms with Gasteiger partial charge in [-0.05, 0) is 36.5 Å². The van der Waals surface area contributed by atoms with Crippen molar-refractivity contribution in [3.63, 3.8) is 0 Å². The highest BCUT2D eigenvalue weighted by Gasteiger charge is 2.19. The van der Waals surface area contributed by atoms with Crippen LogP contribution in [-0.2, 0) is 13.0 Å². The van der Waals surface area contributed by atoms with Crippen molar-refractivity contribution in [3.05, 3.63) is 29.0 Å². The fraction of sp³-hybridized carbons (Fsp3) is 0.588. The van der Waals surface area contributed by atoms with E-state index in [1.54, 1.807) is 0 Å². The van der Waals surface area contributed by atoms with Gasteiger partial charge in [0, 0.05) is 24.0 Å². The average Bonchev–Trinajstić information content (AvgIpc) is 2.65. The van der Waals surface area contributed by atoms with Crippen molar-refractivity contribution >= 4 is 22.6 Å². The van der Waals surface area contributed by atoms with Crippen LogP contribution in [0.2, 0.25) is 5.02 Å². The van der Waals surface area contributed by atoms with Crippen molar-refractivity contribution in [2.45, 2.75) is 59.5 Å². The van der Waals surface area contributed by atoms with Gasteiger partial charge in [0.25, 0.3) is 0 Å². The maximum atomic E-state index is 6.33. The molecule has 0 fully saturated rings. The van der Waals surface area contributed by atoms with Crippen LogP contribution in [0.3, 0.4) is 0 Å². The van der Waals surface area contributed by atoms with Crippen LogP contribution < -0.4 is 5.73 Å². The van der Waals surface area contributed by atoms with Crippen LogP contribution in [-0.4, -0.2) is 15.6 Å². The lowest BCUT2D eigenvalue weighted by Crippen LogP contribution is -2.29. The van der Waals surface area contributed by atoms with E-state index in [1.807, 2.05) is 18.2 Å². The van der Waals surface area contributed by atoms with E-state index in [0.29, 0.717) is 0 Å². The zero-order chi connectivity index (χ0) is 15.6. The summed E-state index contributed by atoms with van der Waals surface area (Å²) in [6, 6.07) is 6.01. The van der Waals surface area contributed by atoms with Gasteiger partial charge in [0.1, 0.15) is 5.82 Å². The van der Waals surface area contributed by atoms with Gasteiger partial charge in [0.15, 0.2) is 0 Å². The zero-order valence-electron chi connectivity index (χ0n) is 13.5. The number of rotatable bonds is 5. The Bertz CT molecular complexity index is 610. The second kappa shape index (κ2) is 6.37. The molecule has 2 aromatic rings. The fourth-order valence-corrected chi connectivity index (χ4v) is 3.03. The van der Waals surface area contributed by atoms with E-state index in [1.165, 1.54) is 0 Å². The SMILES string of the molecule is CCCn1c(CC(N)CC(C)(C)C)nc2ccc(Cl)cc21. The van der Waals surface area contributed by atoms with Crippen molar-refractivity contribution in [3.8, 4) is 0 Å². The van der Waals surface area contributed by atoms with Gasteiger partial charge >= 0.3 is 0 Å². The molecule has 4 heteroatoms. The molecule has 0 spiro atoms. The number of hydrogen-bond acceptors (Lipinski definition) is 2. The first-order valence-electron chi connectivity index (χ1n) is 7.70. The van der Waals surface area contributed by atoms with Crippen molar-refractivity contribution < 1.29 is 0 Å². The first-order valence-corrected chi connectivity index (χ1v) is 8.08. The predicted octanol–water partition coefficient (Wildman–Crippen LogP) is 4.41. The minimum absolute atomic E-state index is 0.132. The molecule has 2 rings (SSSR count). The lowest BCUT2D eigenvalue weighted by atomic mass is 9.87. The van der Waals surface area contributed by atoms with Gasteiger partial charge in [-0.25, -0.2) is 4.98 Å². The summed E-state index contributed by atoms with van der Waals surface area (Å²) in [7, 11) is 0.